The minimum absolute atomic E-state index is 0.255. The lowest BCUT2D eigenvalue weighted by molar-refractivity contribution is -0.123. The summed E-state index contributed by atoms with van der Waals surface area (Å²) in [5, 5.41) is 0. The summed E-state index contributed by atoms with van der Waals surface area (Å²) in [6, 6.07) is 0. The van der Waals surface area contributed by atoms with Crippen LogP contribution in [-0.4, -0.2) is 17.3 Å². The van der Waals surface area contributed by atoms with Crippen molar-refractivity contribution in [1.29, 1.82) is 0 Å². The van der Waals surface area contributed by atoms with Crippen molar-refractivity contribution in [3.63, 3.8) is 0 Å². The van der Waals surface area contributed by atoms with Crippen molar-refractivity contribution >= 4 is 17.3 Å². The largest absolute Gasteiger partial charge is 0.300 e. The van der Waals surface area contributed by atoms with Gasteiger partial charge in [-0.3, -0.25) is 4.79 Å². The average molecular weight is 274 g/mol. The zero-order chi connectivity index (χ0) is 16.3. The third kappa shape index (κ3) is 47.2. The lowest BCUT2D eigenvalue weighted by atomic mass is 9.99. The number of hydrogen-bond donors (Lipinski definition) is 0. The van der Waals surface area contributed by atoms with Gasteiger partial charge in [0, 0.05) is 25.7 Å². The van der Waals surface area contributed by atoms with Gasteiger partial charge in [-0.25, -0.2) is 0 Å². The molecule has 19 heavy (non-hydrogen) atoms. The highest BCUT2D eigenvalue weighted by Crippen LogP contribution is 2.10. The zero-order valence-electron chi connectivity index (χ0n) is 14.3. The van der Waals surface area contributed by atoms with Crippen LogP contribution in [0.3, 0.4) is 0 Å². The molecule has 1 rings (SSSR count). The molecule has 0 amide bonds. The molecular weight excluding hydrogens is 240 g/mol. The lowest BCUT2D eigenvalue weighted by Crippen LogP contribution is -2.07. The summed E-state index contributed by atoms with van der Waals surface area (Å²) in [4.78, 5) is 29.5. The molecule has 3 nitrogen and oxygen atoms in total. The van der Waals surface area contributed by atoms with E-state index in [4.69, 9.17) is 0 Å². The van der Waals surface area contributed by atoms with E-state index in [0.29, 0.717) is 18.6 Å². The van der Waals surface area contributed by atoms with Gasteiger partial charge >= 0.3 is 0 Å². The second-order valence-corrected chi connectivity index (χ2v) is 3.50. The quantitative estimate of drug-likeness (QED) is 0.729. The van der Waals surface area contributed by atoms with Crippen LogP contribution in [0.15, 0.2) is 0 Å². The highest BCUT2D eigenvalue weighted by atomic mass is 16.1. The van der Waals surface area contributed by atoms with Crippen molar-refractivity contribution in [1.82, 2.24) is 0 Å². The Morgan fingerprint density at radius 3 is 1.00 bits per heavy atom. The molecule has 1 saturated carbocycles. The number of rotatable bonds is 2. The fraction of sp³-hybridized carbons (Fsp3) is 0.812. The molecule has 1 fully saturated rings. The van der Waals surface area contributed by atoms with Crippen molar-refractivity contribution in [2.24, 2.45) is 0 Å². The van der Waals surface area contributed by atoms with Gasteiger partial charge in [0.2, 0.25) is 0 Å². The van der Waals surface area contributed by atoms with Gasteiger partial charge in [0.1, 0.15) is 17.3 Å². The molecule has 1 aliphatic carbocycles. The molecule has 0 spiro atoms. The predicted molar refractivity (Wildman–Crippen MR) is 83.5 cm³/mol. The summed E-state index contributed by atoms with van der Waals surface area (Å²) in [7, 11) is 0. The van der Waals surface area contributed by atoms with Crippen LogP contribution in [0.25, 0.3) is 0 Å². The van der Waals surface area contributed by atoms with E-state index in [1.165, 1.54) is 0 Å². The molecule has 0 atom stereocenters. The van der Waals surface area contributed by atoms with Crippen LogP contribution in [0.5, 0.6) is 0 Å². The Balaban J connectivity index is -0.0000000785. The Hall–Kier alpha value is -0.990. The van der Waals surface area contributed by atoms with Gasteiger partial charge in [-0.15, -0.1) is 0 Å². The van der Waals surface area contributed by atoms with Crippen LogP contribution in [-0.2, 0) is 14.4 Å². The molecule has 0 bridgehead atoms. The molecule has 0 aromatic carbocycles. The van der Waals surface area contributed by atoms with Crippen LogP contribution in [0, 0.1) is 0 Å². The summed E-state index contributed by atoms with van der Waals surface area (Å²) >= 11 is 0. The minimum atomic E-state index is 0.255. The molecule has 1 aliphatic rings. The first-order valence-corrected chi connectivity index (χ1v) is 7.44. The van der Waals surface area contributed by atoms with Gasteiger partial charge in [-0.1, -0.05) is 41.5 Å². The van der Waals surface area contributed by atoms with Gasteiger partial charge < -0.3 is 9.59 Å². The van der Waals surface area contributed by atoms with Gasteiger partial charge in [0.15, 0.2) is 0 Å². The topological polar surface area (TPSA) is 51.2 Å². The molecular formula is C16H34O3. The van der Waals surface area contributed by atoms with E-state index in [1.807, 2.05) is 41.5 Å². The average Bonchev–Trinajstić information content (AvgIpc) is 2.42. The molecule has 0 unspecified atom stereocenters. The standard InChI is InChI=1S/C4H6O.2C4H8O.2C2H6/c5-4-2-1-3-4;2*1-3-4(2)5;2*1-2/h1-3H2;2*3H2,1-2H3;2*1-2H3. The van der Waals surface area contributed by atoms with Gasteiger partial charge in [-0.2, -0.15) is 0 Å². The molecule has 0 radical (unpaired) electrons. The third-order valence-corrected chi connectivity index (χ3v) is 1.91. The molecule has 0 aliphatic heterocycles. The van der Waals surface area contributed by atoms with E-state index < -0.39 is 0 Å². The highest BCUT2D eigenvalue weighted by Gasteiger charge is 2.09. The van der Waals surface area contributed by atoms with E-state index in [9.17, 15) is 14.4 Å². The summed E-state index contributed by atoms with van der Waals surface area (Å²) in [5.41, 5.74) is 0. The summed E-state index contributed by atoms with van der Waals surface area (Å²) in [5.74, 6) is 0.944. The first kappa shape index (κ1) is 26.5. The number of carbonyl (C=O) groups excluding carboxylic acids is 3. The monoisotopic (exact) mass is 274 g/mol. The maximum Gasteiger partial charge on any atom is 0.132 e. The maximum atomic E-state index is 9.90. The number of Topliss-reactive ketones (excluding diaryl/α,β-unsaturated/α-hetero) is 3. The minimum Gasteiger partial charge on any atom is -0.300 e. The summed E-state index contributed by atoms with van der Waals surface area (Å²) in [6.07, 6.45) is 4.17. The number of ketones is 3. The summed E-state index contributed by atoms with van der Waals surface area (Å²) < 4.78 is 0. The first-order chi connectivity index (χ1) is 8.93. The molecule has 0 N–H and O–H groups in total. The van der Waals surface area contributed by atoms with Crippen molar-refractivity contribution in [2.45, 2.75) is 87.5 Å². The SMILES string of the molecule is CC.CC.CCC(C)=O.CCC(C)=O.O=C1CCC1. The third-order valence-electron chi connectivity index (χ3n) is 1.91. The van der Waals surface area contributed by atoms with Gasteiger partial charge in [-0.05, 0) is 20.3 Å². The number of carbonyl (C=O) groups is 3. The second-order valence-electron chi connectivity index (χ2n) is 3.50. The van der Waals surface area contributed by atoms with Crippen LogP contribution in [0.2, 0.25) is 0 Å². The molecule has 0 aromatic rings. The lowest BCUT2D eigenvalue weighted by Gasteiger charge is -2.05. The van der Waals surface area contributed by atoms with Crippen LogP contribution in [0.4, 0.5) is 0 Å². The molecule has 116 valence electrons. The van der Waals surface area contributed by atoms with Crippen LogP contribution < -0.4 is 0 Å². The fourth-order valence-corrected chi connectivity index (χ4v) is 0.321. The van der Waals surface area contributed by atoms with Crippen molar-refractivity contribution in [3.05, 3.63) is 0 Å². The molecule has 3 heteroatoms. The van der Waals surface area contributed by atoms with Crippen LogP contribution in [0.1, 0.15) is 87.5 Å². The Bertz CT molecular complexity index is 177. The fourth-order valence-electron chi connectivity index (χ4n) is 0.321. The number of hydrogen-bond acceptors (Lipinski definition) is 3. The van der Waals surface area contributed by atoms with Gasteiger partial charge in [0.25, 0.3) is 0 Å². The smallest absolute Gasteiger partial charge is 0.132 e. The van der Waals surface area contributed by atoms with Gasteiger partial charge in [0.05, 0.1) is 0 Å². The Kier molecular flexibility index (Phi) is 36.0. The van der Waals surface area contributed by atoms with Crippen molar-refractivity contribution < 1.29 is 14.4 Å². The van der Waals surface area contributed by atoms with Crippen molar-refractivity contribution in [2.75, 3.05) is 0 Å². The van der Waals surface area contributed by atoms with E-state index in [2.05, 4.69) is 0 Å². The Morgan fingerprint density at radius 2 is 1.00 bits per heavy atom. The van der Waals surface area contributed by atoms with E-state index in [0.717, 1.165) is 19.3 Å². The molecule has 0 heterocycles. The van der Waals surface area contributed by atoms with Crippen LogP contribution >= 0.6 is 0 Å². The Morgan fingerprint density at radius 1 is 0.842 bits per heavy atom. The maximum absolute atomic E-state index is 9.90. The van der Waals surface area contributed by atoms with E-state index >= 15 is 0 Å². The Labute approximate surface area is 120 Å². The first-order valence-electron chi connectivity index (χ1n) is 7.44. The predicted octanol–water partition coefficient (Wildman–Crippen LogP) is 4.76. The zero-order valence-corrected chi connectivity index (χ0v) is 14.3. The second kappa shape index (κ2) is 25.8. The molecule has 0 saturated heterocycles. The van der Waals surface area contributed by atoms with E-state index in [1.54, 1.807) is 13.8 Å². The van der Waals surface area contributed by atoms with Crippen molar-refractivity contribution in [3.8, 4) is 0 Å². The van der Waals surface area contributed by atoms with E-state index in [-0.39, 0.29) is 11.6 Å². The molecule has 0 aromatic heterocycles. The normalized spacial score (nSPS) is 10.4. The summed E-state index contributed by atoms with van der Waals surface area (Å²) in [6.45, 7) is 14.9. The highest BCUT2D eigenvalue weighted by molar-refractivity contribution is 5.83.